The van der Waals surface area contributed by atoms with Gasteiger partial charge in [-0.15, -0.1) is 0 Å². The number of amides is 1. The average Bonchev–Trinajstić information content (AvgIpc) is 3.02. The molecule has 0 radical (unpaired) electrons. The molecule has 0 saturated carbocycles. The number of ether oxygens (including phenoxy) is 1. The summed E-state index contributed by atoms with van der Waals surface area (Å²) in [6.07, 6.45) is 0.267. The molecular formula is C17H30N6O3. The lowest BCUT2D eigenvalue weighted by Gasteiger charge is -2.36. The van der Waals surface area contributed by atoms with Crippen LogP contribution >= 0.6 is 0 Å². The molecule has 2 heterocycles. The van der Waals surface area contributed by atoms with Crippen molar-refractivity contribution in [2.45, 2.75) is 52.6 Å². The van der Waals surface area contributed by atoms with Crippen molar-refractivity contribution >= 4 is 12.1 Å². The Hall–Kier alpha value is -2.32. The molecule has 0 aliphatic carbocycles. The summed E-state index contributed by atoms with van der Waals surface area (Å²) in [7, 11) is 0. The number of hydrogen-bond donors (Lipinski definition) is 1. The van der Waals surface area contributed by atoms with E-state index in [9.17, 15) is 4.79 Å². The van der Waals surface area contributed by atoms with Crippen molar-refractivity contribution < 1.29 is 14.1 Å². The molecule has 2 rings (SSSR count). The van der Waals surface area contributed by atoms with Crippen LogP contribution < -0.4 is 5.73 Å². The van der Waals surface area contributed by atoms with Gasteiger partial charge in [-0.25, -0.2) is 4.79 Å². The summed E-state index contributed by atoms with van der Waals surface area (Å²) in [6, 6.07) is 0. The predicted molar refractivity (Wildman–Crippen MR) is 98.0 cm³/mol. The molecule has 0 atom stereocenters. The summed E-state index contributed by atoms with van der Waals surface area (Å²) < 4.78 is 10.6. The minimum Gasteiger partial charge on any atom is -0.444 e. The molecule has 1 amide bonds. The minimum absolute atomic E-state index is 0.238. The lowest BCUT2D eigenvalue weighted by atomic mass is 10.2. The van der Waals surface area contributed by atoms with E-state index in [1.54, 1.807) is 4.90 Å². The third-order valence-corrected chi connectivity index (χ3v) is 3.86. The van der Waals surface area contributed by atoms with E-state index in [0.717, 1.165) is 0 Å². The Labute approximate surface area is 154 Å². The van der Waals surface area contributed by atoms with Gasteiger partial charge in [0.25, 0.3) is 0 Å². The van der Waals surface area contributed by atoms with E-state index in [0.29, 0.717) is 56.8 Å². The summed E-state index contributed by atoms with van der Waals surface area (Å²) in [4.78, 5) is 24.4. The Balaban J connectivity index is 1.77. The molecule has 1 aromatic heterocycles. The summed E-state index contributed by atoms with van der Waals surface area (Å²) in [5, 5.41) is 3.93. The largest absolute Gasteiger partial charge is 0.444 e. The zero-order valence-corrected chi connectivity index (χ0v) is 16.4. The zero-order chi connectivity index (χ0) is 19.3. The molecule has 0 bridgehead atoms. The van der Waals surface area contributed by atoms with Crippen LogP contribution in [0.25, 0.3) is 0 Å². The third kappa shape index (κ3) is 5.89. The maximum Gasteiger partial charge on any atom is 0.410 e. The van der Waals surface area contributed by atoms with Crippen LogP contribution in [-0.4, -0.2) is 70.3 Å². The normalized spacial score (nSPS) is 16.3. The number of nitrogens with zero attached hydrogens (tertiary/aromatic N) is 5. The van der Waals surface area contributed by atoms with Crippen LogP contribution in [0.4, 0.5) is 4.79 Å². The van der Waals surface area contributed by atoms with Gasteiger partial charge < -0.3 is 24.8 Å². The van der Waals surface area contributed by atoms with Crippen LogP contribution in [-0.2, 0) is 11.2 Å². The van der Waals surface area contributed by atoms with Crippen molar-refractivity contribution in [3.05, 3.63) is 11.7 Å². The second-order valence-electron chi connectivity index (χ2n) is 7.65. The third-order valence-electron chi connectivity index (χ3n) is 3.86. The smallest absolute Gasteiger partial charge is 0.410 e. The number of aromatic nitrogens is 2. The summed E-state index contributed by atoms with van der Waals surface area (Å²) in [5.74, 6) is 1.98. The summed E-state index contributed by atoms with van der Waals surface area (Å²) in [5.41, 5.74) is 5.58. The number of rotatable bonds is 4. The predicted octanol–water partition coefficient (Wildman–Crippen LogP) is 1.60. The second-order valence-corrected chi connectivity index (χ2v) is 7.65. The van der Waals surface area contributed by atoms with Crippen molar-refractivity contribution in [2.24, 2.45) is 10.7 Å². The standard InChI is InChI=1S/C17H30N6O3/c1-12(2)14-20-13(26-21-14)6-7-19-15(18)22-8-10-23(11-9-22)16(24)25-17(3,4)5/h12H,6-11H2,1-5H3,(H2,18,19). The molecule has 2 N–H and O–H groups in total. The van der Waals surface area contributed by atoms with Crippen LogP contribution in [0.3, 0.4) is 0 Å². The fraction of sp³-hybridized carbons (Fsp3) is 0.765. The molecule has 1 aliphatic heterocycles. The highest BCUT2D eigenvalue weighted by atomic mass is 16.6. The first-order valence-corrected chi connectivity index (χ1v) is 9.01. The van der Waals surface area contributed by atoms with Gasteiger partial charge in [-0.3, -0.25) is 4.99 Å². The second kappa shape index (κ2) is 8.37. The maximum atomic E-state index is 12.1. The Morgan fingerprint density at radius 1 is 1.27 bits per heavy atom. The fourth-order valence-electron chi connectivity index (χ4n) is 2.41. The van der Waals surface area contributed by atoms with Crippen molar-refractivity contribution in [2.75, 3.05) is 32.7 Å². The Morgan fingerprint density at radius 2 is 1.88 bits per heavy atom. The number of hydrogen-bond acceptors (Lipinski definition) is 6. The topological polar surface area (TPSA) is 110 Å². The highest BCUT2D eigenvalue weighted by molar-refractivity contribution is 5.78. The first-order valence-electron chi connectivity index (χ1n) is 9.01. The van der Waals surface area contributed by atoms with E-state index in [-0.39, 0.29) is 12.0 Å². The van der Waals surface area contributed by atoms with Crippen LogP contribution in [0.5, 0.6) is 0 Å². The van der Waals surface area contributed by atoms with Gasteiger partial charge >= 0.3 is 6.09 Å². The quantitative estimate of drug-likeness (QED) is 0.636. The molecule has 0 spiro atoms. The lowest BCUT2D eigenvalue weighted by molar-refractivity contribution is 0.0186. The van der Waals surface area contributed by atoms with Crippen molar-refractivity contribution in [3.8, 4) is 0 Å². The van der Waals surface area contributed by atoms with E-state index in [1.165, 1.54) is 0 Å². The number of piperazine rings is 1. The number of nitrogens with two attached hydrogens (primary N) is 1. The minimum atomic E-state index is -0.487. The van der Waals surface area contributed by atoms with E-state index in [4.69, 9.17) is 15.0 Å². The lowest BCUT2D eigenvalue weighted by Crippen LogP contribution is -2.53. The van der Waals surface area contributed by atoms with Crippen LogP contribution in [0, 0.1) is 0 Å². The van der Waals surface area contributed by atoms with Crippen LogP contribution in [0.15, 0.2) is 9.52 Å². The SMILES string of the molecule is CC(C)c1noc(CCN=C(N)N2CCN(C(=O)OC(C)(C)C)CC2)n1. The van der Waals surface area contributed by atoms with E-state index in [1.807, 2.05) is 39.5 Å². The zero-order valence-electron chi connectivity index (χ0n) is 16.4. The molecule has 1 saturated heterocycles. The van der Waals surface area contributed by atoms with Crippen LogP contribution in [0.1, 0.15) is 52.3 Å². The highest BCUT2D eigenvalue weighted by Gasteiger charge is 2.26. The highest BCUT2D eigenvalue weighted by Crippen LogP contribution is 2.12. The molecule has 9 heteroatoms. The average molecular weight is 366 g/mol. The van der Waals surface area contributed by atoms with Gasteiger partial charge in [0.1, 0.15) is 5.60 Å². The first kappa shape index (κ1) is 20.0. The molecule has 1 fully saturated rings. The Kier molecular flexibility index (Phi) is 6.44. The van der Waals surface area contributed by atoms with Crippen molar-refractivity contribution in [3.63, 3.8) is 0 Å². The van der Waals surface area contributed by atoms with E-state index < -0.39 is 5.60 Å². The molecule has 26 heavy (non-hydrogen) atoms. The van der Waals surface area contributed by atoms with Gasteiger partial charge in [0.05, 0.1) is 6.54 Å². The number of aliphatic imine (C=N–C) groups is 1. The first-order chi connectivity index (χ1) is 12.2. The maximum absolute atomic E-state index is 12.1. The van der Waals surface area contributed by atoms with Crippen molar-refractivity contribution in [1.82, 2.24) is 19.9 Å². The fourth-order valence-corrected chi connectivity index (χ4v) is 2.41. The van der Waals surface area contributed by atoms with Crippen molar-refractivity contribution in [1.29, 1.82) is 0 Å². The van der Waals surface area contributed by atoms with Crippen LogP contribution in [0.2, 0.25) is 0 Å². The van der Waals surface area contributed by atoms with Gasteiger partial charge in [-0.2, -0.15) is 4.98 Å². The number of carbonyl (C=O) groups excluding carboxylic acids is 1. The van der Waals surface area contributed by atoms with Gasteiger partial charge in [0.15, 0.2) is 11.8 Å². The Bertz CT molecular complexity index is 627. The molecular weight excluding hydrogens is 336 g/mol. The molecule has 0 aromatic carbocycles. The van der Waals surface area contributed by atoms with Gasteiger partial charge in [0.2, 0.25) is 5.89 Å². The monoisotopic (exact) mass is 366 g/mol. The molecule has 146 valence electrons. The molecule has 1 aromatic rings. The van der Waals surface area contributed by atoms with E-state index in [2.05, 4.69) is 15.1 Å². The molecule has 9 nitrogen and oxygen atoms in total. The van der Waals surface area contributed by atoms with Gasteiger partial charge in [-0.1, -0.05) is 19.0 Å². The summed E-state index contributed by atoms with van der Waals surface area (Å²) in [6.45, 7) is 12.5. The Morgan fingerprint density at radius 3 is 2.42 bits per heavy atom. The summed E-state index contributed by atoms with van der Waals surface area (Å²) >= 11 is 0. The van der Waals surface area contributed by atoms with E-state index >= 15 is 0 Å². The number of guanidine groups is 1. The molecule has 1 aliphatic rings. The van der Waals surface area contributed by atoms with Gasteiger partial charge in [0, 0.05) is 38.5 Å². The van der Waals surface area contributed by atoms with Gasteiger partial charge in [-0.05, 0) is 20.8 Å². The number of carbonyl (C=O) groups is 1. The molecule has 0 unspecified atom stereocenters.